The summed E-state index contributed by atoms with van der Waals surface area (Å²) in [7, 11) is 0. The van der Waals surface area contributed by atoms with E-state index in [1.54, 1.807) is 95.5 Å². The van der Waals surface area contributed by atoms with Gasteiger partial charge < -0.3 is 43.6 Å². The third-order valence-electron chi connectivity index (χ3n) is 10.6. The quantitative estimate of drug-likeness (QED) is 0.0326. The molecule has 0 saturated heterocycles. The lowest BCUT2D eigenvalue weighted by Crippen LogP contribution is -2.71. The number of nitrogens with zero attached hydrogens (tertiary/aromatic N) is 8. The van der Waals surface area contributed by atoms with Crippen molar-refractivity contribution in [1.82, 2.24) is 15.0 Å². The molecule has 0 atom stereocenters. The number of nitriles is 2. The largest absolute Gasteiger partial charge is 0.741 e. The van der Waals surface area contributed by atoms with Crippen LogP contribution < -0.4 is 25.5 Å². The number of aromatic hydroxyl groups is 1. The second kappa shape index (κ2) is 24.2. The molecule has 5 N–H and O–H groups in total. The molecule has 2 aliphatic heterocycles. The van der Waals surface area contributed by atoms with Crippen LogP contribution in [0.4, 0.5) is 25.7 Å². The Hall–Kier alpha value is -8.66. The maximum Gasteiger partial charge on any atom is 0.741 e. The molecule has 13 nitrogen and oxygen atoms in total. The van der Waals surface area contributed by atoms with E-state index in [4.69, 9.17) is 36.3 Å². The number of para-hydroxylation sites is 10. The number of oxazole rings is 1. The maximum absolute atomic E-state index is 15.2. The van der Waals surface area contributed by atoms with E-state index < -0.39 is 6.97 Å². The fourth-order valence-electron chi connectivity index (χ4n) is 7.31. The molecule has 0 radical (unpaired) electrons. The van der Waals surface area contributed by atoms with E-state index in [9.17, 15) is 0 Å². The van der Waals surface area contributed by atoms with Gasteiger partial charge in [0.05, 0.1) is 67.6 Å². The molecular formula is C54H43BF2N10O3S4. The van der Waals surface area contributed by atoms with Gasteiger partial charge in [0.2, 0.25) is 10.9 Å². The van der Waals surface area contributed by atoms with Gasteiger partial charge in [0.25, 0.3) is 0 Å². The number of rotatable bonds is 4. The third kappa shape index (κ3) is 12.3. The van der Waals surface area contributed by atoms with E-state index >= 15 is 8.63 Å². The highest BCUT2D eigenvalue weighted by Gasteiger charge is 2.57. The number of thiazole rings is 3. The normalized spacial score (nSPS) is 12.1. The molecule has 6 heterocycles. The minimum absolute atomic E-state index is 0.146. The summed E-state index contributed by atoms with van der Waals surface area (Å²) in [5, 5.41) is 27.4. The summed E-state index contributed by atoms with van der Waals surface area (Å²) in [6.45, 7) is -0.705. The van der Waals surface area contributed by atoms with Gasteiger partial charge in [0.1, 0.15) is 33.6 Å². The van der Waals surface area contributed by atoms with Crippen molar-refractivity contribution in [3.63, 3.8) is 0 Å². The Bertz CT molecular complexity index is 3590. The molecule has 7 aromatic carbocycles. The predicted octanol–water partition coefficient (Wildman–Crippen LogP) is 12.8. The smallest absolute Gasteiger partial charge is 0.506 e. The van der Waals surface area contributed by atoms with E-state index in [1.165, 1.54) is 16.0 Å². The van der Waals surface area contributed by atoms with Gasteiger partial charge >= 0.3 is 6.97 Å². The van der Waals surface area contributed by atoms with Crippen LogP contribution in [0.15, 0.2) is 190 Å². The fraction of sp³-hybridized carbons (Fsp3) is 0.0556. The van der Waals surface area contributed by atoms with Crippen molar-refractivity contribution in [2.75, 3.05) is 22.8 Å². The molecule has 368 valence electrons. The number of phenolic OH excluding ortho intramolecular Hbond substituents is 1. The molecule has 0 unspecified atom stereocenters. The lowest BCUT2D eigenvalue weighted by molar-refractivity contribution is -0.536. The van der Waals surface area contributed by atoms with Crippen LogP contribution in [0.3, 0.4) is 0 Å². The van der Waals surface area contributed by atoms with Crippen LogP contribution >= 0.6 is 46.6 Å². The molecular weight excluding hydrogens is 1010 g/mol. The average Bonchev–Trinajstić information content (AvgIpc) is 4.25. The summed E-state index contributed by atoms with van der Waals surface area (Å²) in [6, 6.07) is 56.0. The highest BCUT2D eigenvalue weighted by atomic mass is 32.1. The zero-order valence-electron chi connectivity index (χ0n) is 39.1. The lowest BCUT2D eigenvalue weighted by atomic mass is 9.90. The van der Waals surface area contributed by atoms with E-state index in [1.807, 2.05) is 103 Å². The molecule has 4 aromatic heterocycles. The first-order valence-electron chi connectivity index (χ1n) is 22.5. The summed E-state index contributed by atoms with van der Waals surface area (Å²) in [5.41, 5.74) is 16.6. The number of nitrogen functional groups attached to an aromatic ring is 2. The van der Waals surface area contributed by atoms with Crippen LogP contribution in [-0.4, -0.2) is 40.3 Å². The molecule has 0 spiro atoms. The van der Waals surface area contributed by atoms with Gasteiger partial charge in [-0.2, -0.15) is 10.5 Å². The van der Waals surface area contributed by atoms with Crippen molar-refractivity contribution in [2.24, 2.45) is 4.99 Å². The molecule has 74 heavy (non-hydrogen) atoms. The van der Waals surface area contributed by atoms with Gasteiger partial charge in [-0.15, -0.1) is 35.3 Å². The summed E-state index contributed by atoms with van der Waals surface area (Å²) >= 11 is 8.70. The molecule has 13 rings (SSSR count). The van der Waals surface area contributed by atoms with Crippen LogP contribution in [0.2, 0.25) is 0 Å². The minimum atomic E-state index is -3.99. The Balaban J connectivity index is 0.000000127. The van der Waals surface area contributed by atoms with Crippen LogP contribution in [0.5, 0.6) is 11.5 Å². The first-order valence-corrected chi connectivity index (χ1v) is 25.4. The Morgan fingerprint density at radius 3 is 1.86 bits per heavy atom. The highest BCUT2D eigenvalue weighted by Crippen LogP contribution is 2.45. The number of aromatic nitrogens is 4. The zero-order chi connectivity index (χ0) is 52.0. The summed E-state index contributed by atoms with van der Waals surface area (Å²) in [4.78, 5) is 18.5. The number of fused-ring (bicyclic) bond motifs is 9. The minimum Gasteiger partial charge on any atom is -0.506 e. The fourth-order valence-corrected chi connectivity index (χ4v) is 10.5. The number of halogens is 2. The van der Waals surface area contributed by atoms with Crippen LogP contribution in [0.25, 0.3) is 47.8 Å². The lowest BCUT2D eigenvalue weighted by Gasteiger charge is -2.32. The molecule has 0 saturated carbocycles. The van der Waals surface area contributed by atoms with Crippen molar-refractivity contribution in [2.45, 2.75) is 17.7 Å². The highest BCUT2D eigenvalue weighted by molar-refractivity contribution is 7.80. The zero-order valence-corrected chi connectivity index (χ0v) is 42.4. The second-order valence-electron chi connectivity index (χ2n) is 15.7. The number of anilines is 3. The van der Waals surface area contributed by atoms with Crippen molar-refractivity contribution >= 4 is 125 Å². The van der Waals surface area contributed by atoms with Gasteiger partial charge in [-0.05, 0) is 85.6 Å². The number of aliphatic imine (C=N–C) groups is 1. The van der Waals surface area contributed by atoms with E-state index in [0.29, 0.717) is 40.5 Å². The number of nitrogens with two attached hydrogens (primary N) is 2. The Morgan fingerprint density at radius 2 is 1.27 bits per heavy atom. The number of phenols is 1. The Labute approximate surface area is 441 Å². The van der Waals surface area contributed by atoms with E-state index in [-0.39, 0.29) is 18.2 Å². The Morgan fingerprint density at radius 1 is 0.689 bits per heavy atom. The van der Waals surface area contributed by atoms with Gasteiger partial charge in [-0.3, -0.25) is 4.99 Å². The predicted molar refractivity (Wildman–Crippen MR) is 299 cm³/mol. The van der Waals surface area contributed by atoms with E-state index in [2.05, 4.69) is 51.4 Å². The molecule has 0 aliphatic carbocycles. The van der Waals surface area contributed by atoms with Crippen molar-refractivity contribution in [1.29, 1.82) is 10.5 Å². The van der Waals surface area contributed by atoms with Gasteiger partial charge in [-0.25, -0.2) is 15.0 Å². The monoisotopic (exact) mass is 1060 g/mol. The van der Waals surface area contributed by atoms with Crippen LogP contribution in [-0.2, 0) is 12.8 Å². The van der Waals surface area contributed by atoms with Gasteiger partial charge in [-0.1, -0.05) is 96.3 Å². The summed E-state index contributed by atoms with van der Waals surface area (Å²) < 4.78 is 46.1. The average molecular weight is 1060 g/mol. The second-order valence-corrected chi connectivity index (χ2v) is 19.5. The summed E-state index contributed by atoms with van der Waals surface area (Å²) in [5.74, 6) is 1.53. The number of ether oxygens (including phenoxy) is 1. The van der Waals surface area contributed by atoms with Crippen LogP contribution in [0, 0.1) is 22.7 Å². The molecule has 0 fully saturated rings. The third-order valence-corrected chi connectivity index (χ3v) is 14.2. The standard InChI is InChI=1S/C15H9BF2N2OS.C15H10N2OS.C9H6N2S.C6H7NO.C6H7NS.C3H4N2/c17-16(18)19-10-5-1-3-7-12(10)21-14(19)9-15-20(16)11-6-2-4-8-13(11)22-15;1-3-7-12-10(5-1)16-14(18-12)9-15-17-11-6-2-4-8-13(11)19-15;10-6-5-9-11-7-3-1-2-4-8(7)12-9;2*7-5-3-1-2-4-6(5)8;1-5-3-2-4/h1-9H;1-8H,9H2;1-4H,5H2;2*1-4,8H,7H2;1,3H2. The van der Waals surface area contributed by atoms with Crippen molar-refractivity contribution in [3.8, 4) is 23.6 Å². The number of thiol groups is 1. The number of hydrogen-bond donors (Lipinski definition) is 4. The summed E-state index contributed by atoms with van der Waals surface area (Å²) in [6.07, 6.45) is 2.75. The SMILES string of the molecule is C=NCC#N.F[B-]1(F)N2C(=Cc3sc4ccccc4[n+]31)Oc1ccccc12.N#CCc1nc2ccccc2s1.Nc1ccccc1O.Nc1ccccc1S.c1ccc2oc(Cc3nc4ccccc4s3)nc2c1. The first kappa shape index (κ1) is 51.7. The number of benzene rings is 7. The van der Waals surface area contributed by atoms with Gasteiger partial charge in [0, 0.05) is 16.6 Å². The van der Waals surface area contributed by atoms with E-state index in [0.717, 1.165) is 67.3 Å². The van der Waals surface area contributed by atoms with Gasteiger partial charge in [0.15, 0.2) is 17.0 Å². The molecule has 0 amide bonds. The molecule has 0 bridgehead atoms. The number of hydrogen-bond acceptors (Lipinski definition) is 16. The first-order chi connectivity index (χ1) is 36.0. The Kier molecular flexibility index (Phi) is 16.9. The van der Waals surface area contributed by atoms with Crippen molar-refractivity contribution < 1.29 is 27.4 Å². The molecule has 2 aliphatic rings. The molecule has 20 heteroatoms. The van der Waals surface area contributed by atoms with Crippen LogP contribution in [0.1, 0.15) is 20.9 Å². The molecule has 11 aromatic rings. The van der Waals surface area contributed by atoms with Crippen molar-refractivity contribution in [3.05, 3.63) is 197 Å². The maximum atomic E-state index is 15.2. The topological polar surface area (TPSA) is 200 Å².